The van der Waals surface area contributed by atoms with Crippen molar-refractivity contribution >= 4 is 11.8 Å². The molecule has 0 radical (unpaired) electrons. The summed E-state index contributed by atoms with van der Waals surface area (Å²) in [6.45, 7) is 2.04. The Morgan fingerprint density at radius 1 is 1.20 bits per heavy atom. The minimum Gasteiger partial charge on any atom is -0.357 e. The number of rotatable bonds is 7. The zero-order valence-electron chi connectivity index (χ0n) is 12.1. The summed E-state index contributed by atoms with van der Waals surface area (Å²) in [4.78, 5) is 23.9. The molecule has 1 aromatic carbocycles. The van der Waals surface area contributed by atoms with E-state index in [2.05, 4.69) is 10.6 Å². The fourth-order valence-corrected chi connectivity index (χ4v) is 1.92. The Hall–Kier alpha value is -1.88. The number of carbonyl (C=O) groups is 2. The third-order valence-corrected chi connectivity index (χ3v) is 3.17. The third-order valence-electron chi connectivity index (χ3n) is 3.17. The zero-order valence-corrected chi connectivity index (χ0v) is 12.1. The molecule has 2 amide bonds. The van der Waals surface area contributed by atoms with Gasteiger partial charge in [0.05, 0.1) is 0 Å². The SMILES string of the molecule is CCCCC(NC(=O)C(N)c1ccccc1)C(=O)NC. The molecule has 0 aliphatic rings. The van der Waals surface area contributed by atoms with Gasteiger partial charge in [-0.15, -0.1) is 0 Å². The molecular weight excluding hydrogens is 254 g/mol. The number of nitrogens with one attached hydrogen (secondary N) is 2. The van der Waals surface area contributed by atoms with E-state index in [9.17, 15) is 9.59 Å². The topological polar surface area (TPSA) is 84.2 Å². The molecule has 1 aromatic rings. The van der Waals surface area contributed by atoms with Crippen molar-refractivity contribution in [2.75, 3.05) is 7.05 Å². The van der Waals surface area contributed by atoms with Gasteiger partial charge >= 0.3 is 0 Å². The van der Waals surface area contributed by atoms with Gasteiger partial charge in [-0.25, -0.2) is 0 Å². The second kappa shape index (κ2) is 8.32. The van der Waals surface area contributed by atoms with Crippen molar-refractivity contribution in [2.24, 2.45) is 5.73 Å². The summed E-state index contributed by atoms with van der Waals surface area (Å²) in [6.07, 6.45) is 2.45. The van der Waals surface area contributed by atoms with Crippen LogP contribution in [0.15, 0.2) is 30.3 Å². The van der Waals surface area contributed by atoms with Crippen molar-refractivity contribution in [1.82, 2.24) is 10.6 Å². The lowest BCUT2D eigenvalue weighted by molar-refractivity contribution is -0.129. The number of amides is 2. The van der Waals surface area contributed by atoms with E-state index in [1.165, 1.54) is 0 Å². The number of hydrogen-bond donors (Lipinski definition) is 3. The van der Waals surface area contributed by atoms with E-state index in [-0.39, 0.29) is 11.8 Å². The van der Waals surface area contributed by atoms with Crippen LogP contribution >= 0.6 is 0 Å². The Labute approximate surface area is 119 Å². The van der Waals surface area contributed by atoms with Crippen LogP contribution in [0.3, 0.4) is 0 Å². The second-order valence-electron chi connectivity index (χ2n) is 4.71. The van der Waals surface area contributed by atoms with Crippen molar-refractivity contribution in [3.05, 3.63) is 35.9 Å². The Balaban J connectivity index is 2.67. The van der Waals surface area contributed by atoms with Crippen molar-refractivity contribution < 1.29 is 9.59 Å². The van der Waals surface area contributed by atoms with Gasteiger partial charge in [-0.05, 0) is 12.0 Å². The van der Waals surface area contributed by atoms with Gasteiger partial charge in [0.1, 0.15) is 12.1 Å². The summed E-state index contributed by atoms with van der Waals surface area (Å²) in [5, 5.41) is 5.29. The molecule has 0 aliphatic carbocycles. The van der Waals surface area contributed by atoms with Gasteiger partial charge in [-0.3, -0.25) is 9.59 Å². The van der Waals surface area contributed by atoms with E-state index in [1.807, 2.05) is 25.1 Å². The molecule has 0 aliphatic heterocycles. The second-order valence-corrected chi connectivity index (χ2v) is 4.71. The summed E-state index contributed by atoms with van der Waals surface area (Å²) in [7, 11) is 1.56. The Morgan fingerprint density at radius 2 is 1.85 bits per heavy atom. The molecule has 2 atom stereocenters. The maximum Gasteiger partial charge on any atom is 0.242 e. The predicted molar refractivity (Wildman–Crippen MR) is 78.9 cm³/mol. The fourth-order valence-electron chi connectivity index (χ4n) is 1.92. The smallest absolute Gasteiger partial charge is 0.242 e. The van der Waals surface area contributed by atoms with E-state index in [1.54, 1.807) is 19.2 Å². The number of unbranched alkanes of at least 4 members (excludes halogenated alkanes) is 1. The van der Waals surface area contributed by atoms with Crippen molar-refractivity contribution in [3.63, 3.8) is 0 Å². The lowest BCUT2D eigenvalue weighted by Gasteiger charge is -2.19. The quantitative estimate of drug-likeness (QED) is 0.698. The molecule has 1 rings (SSSR count). The number of likely N-dealkylation sites (N-methyl/N-ethyl adjacent to an activating group) is 1. The fraction of sp³-hybridized carbons (Fsp3) is 0.467. The zero-order chi connectivity index (χ0) is 15.0. The van der Waals surface area contributed by atoms with E-state index >= 15 is 0 Å². The predicted octanol–water partition coefficient (Wildman–Crippen LogP) is 1.11. The molecule has 0 saturated carbocycles. The maximum absolute atomic E-state index is 12.1. The molecule has 4 N–H and O–H groups in total. The van der Waals surface area contributed by atoms with Gasteiger partial charge in [-0.1, -0.05) is 50.1 Å². The van der Waals surface area contributed by atoms with Crippen LogP contribution in [0, 0.1) is 0 Å². The van der Waals surface area contributed by atoms with Crippen LogP contribution in [0.1, 0.15) is 37.8 Å². The minimum atomic E-state index is -0.759. The molecule has 0 spiro atoms. The highest BCUT2D eigenvalue weighted by Crippen LogP contribution is 2.10. The molecule has 0 heterocycles. The molecule has 0 fully saturated rings. The lowest BCUT2D eigenvalue weighted by Crippen LogP contribution is -2.48. The average molecular weight is 277 g/mol. The first kappa shape index (κ1) is 16.2. The Kier molecular flexibility index (Phi) is 6.73. The minimum absolute atomic E-state index is 0.188. The first-order valence-electron chi connectivity index (χ1n) is 6.92. The van der Waals surface area contributed by atoms with Crippen LogP contribution in [0.25, 0.3) is 0 Å². The lowest BCUT2D eigenvalue weighted by atomic mass is 10.1. The van der Waals surface area contributed by atoms with Gasteiger partial charge in [0.25, 0.3) is 0 Å². The summed E-state index contributed by atoms with van der Waals surface area (Å²) in [6, 6.07) is 7.83. The Morgan fingerprint density at radius 3 is 2.40 bits per heavy atom. The molecule has 20 heavy (non-hydrogen) atoms. The summed E-state index contributed by atoms with van der Waals surface area (Å²) < 4.78 is 0. The van der Waals surface area contributed by atoms with Crippen molar-refractivity contribution in [2.45, 2.75) is 38.3 Å². The first-order chi connectivity index (χ1) is 9.60. The van der Waals surface area contributed by atoms with Crippen LogP contribution in [-0.4, -0.2) is 24.9 Å². The summed E-state index contributed by atoms with van der Waals surface area (Å²) in [5.41, 5.74) is 6.65. The molecule has 0 bridgehead atoms. The molecule has 5 nitrogen and oxygen atoms in total. The summed E-state index contributed by atoms with van der Waals surface area (Å²) >= 11 is 0. The van der Waals surface area contributed by atoms with E-state index in [0.29, 0.717) is 6.42 Å². The van der Waals surface area contributed by atoms with Crippen molar-refractivity contribution in [1.29, 1.82) is 0 Å². The monoisotopic (exact) mass is 277 g/mol. The molecule has 2 unspecified atom stereocenters. The van der Waals surface area contributed by atoms with Gasteiger partial charge in [0, 0.05) is 7.05 Å². The first-order valence-corrected chi connectivity index (χ1v) is 6.92. The van der Waals surface area contributed by atoms with Crippen LogP contribution in [0.5, 0.6) is 0 Å². The van der Waals surface area contributed by atoms with Gasteiger partial charge in [0.15, 0.2) is 0 Å². The average Bonchev–Trinajstić information content (AvgIpc) is 2.50. The van der Waals surface area contributed by atoms with Crippen LogP contribution in [-0.2, 0) is 9.59 Å². The molecular formula is C15H23N3O2. The van der Waals surface area contributed by atoms with Gasteiger partial charge in [0.2, 0.25) is 11.8 Å². The van der Waals surface area contributed by atoms with Crippen LogP contribution in [0.2, 0.25) is 0 Å². The number of carbonyl (C=O) groups excluding carboxylic acids is 2. The van der Waals surface area contributed by atoms with Gasteiger partial charge in [-0.2, -0.15) is 0 Å². The molecule has 5 heteroatoms. The van der Waals surface area contributed by atoms with Crippen LogP contribution < -0.4 is 16.4 Å². The number of benzene rings is 1. The van der Waals surface area contributed by atoms with E-state index in [0.717, 1.165) is 18.4 Å². The molecule has 0 aromatic heterocycles. The maximum atomic E-state index is 12.1. The molecule has 110 valence electrons. The number of hydrogen-bond acceptors (Lipinski definition) is 3. The highest BCUT2D eigenvalue weighted by atomic mass is 16.2. The van der Waals surface area contributed by atoms with Gasteiger partial charge < -0.3 is 16.4 Å². The highest BCUT2D eigenvalue weighted by molar-refractivity contribution is 5.90. The van der Waals surface area contributed by atoms with Crippen LogP contribution in [0.4, 0.5) is 0 Å². The van der Waals surface area contributed by atoms with E-state index in [4.69, 9.17) is 5.73 Å². The van der Waals surface area contributed by atoms with E-state index < -0.39 is 12.1 Å². The van der Waals surface area contributed by atoms with Crippen molar-refractivity contribution in [3.8, 4) is 0 Å². The summed E-state index contributed by atoms with van der Waals surface area (Å²) in [5.74, 6) is -0.520. The largest absolute Gasteiger partial charge is 0.357 e. The number of nitrogens with two attached hydrogens (primary N) is 1. The highest BCUT2D eigenvalue weighted by Gasteiger charge is 2.23. The standard InChI is InChI=1S/C15H23N3O2/c1-3-4-10-12(14(19)17-2)18-15(20)13(16)11-8-6-5-7-9-11/h5-9,12-13H,3-4,10,16H2,1-2H3,(H,17,19)(H,18,20). The third kappa shape index (κ3) is 4.66. The normalized spacial score (nSPS) is 13.3. The molecule has 0 saturated heterocycles. The Bertz CT molecular complexity index is 434.